The molecule has 2 atom stereocenters. The summed E-state index contributed by atoms with van der Waals surface area (Å²) in [5.74, 6) is -0.198. The van der Waals surface area contributed by atoms with Gasteiger partial charge in [-0.1, -0.05) is 78.3 Å². The topological polar surface area (TPSA) is 17.1 Å². The molecule has 4 heteroatoms. The second-order valence-electron chi connectivity index (χ2n) is 5.66. The molecule has 0 aromatic heterocycles. The van der Waals surface area contributed by atoms with Crippen LogP contribution in [0.5, 0.6) is 0 Å². The highest BCUT2D eigenvalue weighted by Crippen LogP contribution is 2.31. The normalized spacial score (nSPS) is 13.2. The zero-order valence-corrected chi connectivity index (χ0v) is 15.5. The summed E-state index contributed by atoms with van der Waals surface area (Å²) in [5.41, 5.74) is 3.45. The molecule has 3 rings (SSSR count). The maximum absolute atomic E-state index is 12.6. The molecule has 0 aliphatic heterocycles. The Morgan fingerprint density at radius 3 is 1.88 bits per heavy atom. The van der Waals surface area contributed by atoms with Crippen molar-refractivity contribution in [3.8, 4) is 11.1 Å². The molecule has 0 saturated carbocycles. The highest BCUT2D eigenvalue weighted by molar-refractivity contribution is 6.39. The first kappa shape index (κ1) is 18.0. The van der Waals surface area contributed by atoms with Crippen LogP contribution in [0.4, 0.5) is 0 Å². The van der Waals surface area contributed by atoms with Gasteiger partial charge in [0.2, 0.25) is 0 Å². The predicted molar refractivity (Wildman–Crippen MR) is 106 cm³/mol. The van der Waals surface area contributed by atoms with Crippen molar-refractivity contribution in [3.05, 3.63) is 95.0 Å². The summed E-state index contributed by atoms with van der Waals surface area (Å²) in [6.07, 6.45) is 0. The Morgan fingerprint density at radius 2 is 1.28 bits per heavy atom. The molecule has 3 aromatic rings. The smallest absolute Gasteiger partial charge is 0.182 e. The lowest BCUT2D eigenvalue weighted by atomic mass is 9.99. The first-order valence-electron chi connectivity index (χ1n) is 7.79. The van der Waals surface area contributed by atoms with Crippen molar-refractivity contribution in [2.75, 3.05) is 0 Å². The summed E-state index contributed by atoms with van der Waals surface area (Å²) in [7, 11) is 0. The fourth-order valence-electron chi connectivity index (χ4n) is 2.57. The summed E-state index contributed by atoms with van der Waals surface area (Å²) in [6, 6.07) is 24.4. The maximum Gasteiger partial charge on any atom is 0.182 e. The van der Waals surface area contributed by atoms with Crippen molar-refractivity contribution in [3.63, 3.8) is 0 Å². The predicted octanol–water partition coefficient (Wildman–Crippen LogP) is 6.78. The minimum absolute atomic E-state index is 0.198. The van der Waals surface area contributed by atoms with Gasteiger partial charge in [0.15, 0.2) is 5.78 Å². The van der Waals surface area contributed by atoms with E-state index in [1.165, 1.54) is 0 Å². The van der Waals surface area contributed by atoms with E-state index in [-0.39, 0.29) is 5.78 Å². The van der Waals surface area contributed by atoms with Crippen molar-refractivity contribution in [2.24, 2.45) is 0 Å². The van der Waals surface area contributed by atoms with Gasteiger partial charge in [0, 0.05) is 10.6 Å². The third kappa shape index (κ3) is 4.24. The molecule has 2 unspecified atom stereocenters. The van der Waals surface area contributed by atoms with E-state index in [1.807, 2.05) is 42.5 Å². The Kier molecular flexibility index (Phi) is 5.80. The lowest BCUT2D eigenvalue weighted by Gasteiger charge is -2.16. The van der Waals surface area contributed by atoms with Gasteiger partial charge in [0.05, 0.1) is 5.38 Å². The Labute approximate surface area is 162 Å². The van der Waals surface area contributed by atoms with E-state index in [4.69, 9.17) is 34.8 Å². The number of hydrogen-bond acceptors (Lipinski definition) is 1. The van der Waals surface area contributed by atoms with Crippen LogP contribution in [-0.2, 0) is 0 Å². The van der Waals surface area contributed by atoms with Crippen molar-refractivity contribution < 1.29 is 4.79 Å². The van der Waals surface area contributed by atoms with Crippen LogP contribution in [-0.4, -0.2) is 11.2 Å². The fraction of sp³-hybridized carbons (Fsp3) is 0.0952. The van der Waals surface area contributed by atoms with Crippen LogP contribution in [0.1, 0.15) is 21.3 Å². The minimum Gasteiger partial charge on any atom is -0.292 e. The van der Waals surface area contributed by atoms with Crippen LogP contribution in [0.25, 0.3) is 11.1 Å². The SMILES string of the molecule is O=C(c1ccc(-c2ccccc2)cc1)C(Cl)C(Cl)c1ccc(Cl)cc1. The molecule has 3 aromatic carbocycles. The molecule has 0 spiro atoms. The molecule has 0 saturated heterocycles. The van der Waals surface area contributed by atoms with Gasteiger partial charge in [0.25, 0.3) is 0 Å². The first-order valence-corrected chi connectivity index (χ1v) is 9.04. The monoisotopic (exact) mass is 388 g/mol. The Morgan fingerprint density at radius 1 is 0.720 bits per heavy atom. The summed E-state index contributed by atoms with van der Waals surface area (Å²) < 4.78 is 0. The average molecular weight is 390 g/mol. The Bertz CT molecular complexity index is 843. The van der Waals surface area contributed by atoms with Gasteiger partial charge in [-0.05, 0) is 28.8 Å². The Hall–Kier alpha value is -1.80. The van der Waals surface area contributed by atoms with Crippen molar-refractivity contribution in [1.82, 2.24) is 0 Å². The number of carbonyl (C=O) groups is 1. The molecule has 1 nitrogen and oxygen atoms in total. The number of rotatable bonds is 5. The van der Waals surface area contributed by atoms with Gasteiger partial charge < -0.3 is 0 Å². The van der Waals surface area contributed by atoms with Crippen LogP contribution in [0, 0.1) is 0 Å². The largest absolute Gasteiger partial charge is 0.292 e. The third-order valence-corrected chi connectivity index (χ3v) is 5.31. The van der Waals surface area contributed by atoms with Gasteiger partial charge in [-0.15, -0.1) is 23.2 Å². The van der Waals surface area contributed by atoms with E-state index in [9.17, 15) is 4.79 Å². The summed E-state index contributed by atoms with van der Waals surface area (Å²) >= 11 is 18.6. The van der Waals surface area contributed by atoms with E-state index >= 15 is 0 Å². The third-order valence-electron chi connectivity index (χ3n) is 3.97. The van der Waals surface area contributed by atoms with Crippen LogP contribution < -0.4 is 0 Å². The van der Waals surface area contributed by atoms with Crippen LogP contribution in [0.2, 0.25) is 5.02 Å². The lowest BCUT2D eigenvalue weighted by molar-refractivity contribution is 0.0985. The molecular weight excluding hydrogens is 375 g/mol. The van der Waals surface area contributed by atoms with Gasteiger partial charge in [0.1, 0.15) is 5.38 Å². The van der Waals surface area contributed by atoms with Gasteiger partial charge in [-0.25, -0.2) is 0 Å². The van der Waals surface area contributed by atoms with Crippen molar-refractivity contribution in [2.45, 2.75) is 10.8 Å². The zero-order chi connectivity index (χ0) is 17.8. The number of halogens is 3. The van der Waals surface area contributed by atoms with E-state index < -0.39 is 10.8 Å². The van der Waals surface area contributed by atoms with E-state index in [0.29, 0.717) is 10.6 Å². The molecule has 0 aliphatic rings. The van der Waals surface area contributed by atoms with Crippen LogP contribution >= 0.6 is 34.8 Å². The first-order chi connectivity index (χ1) is 12.1. The number of benzene rings is 3. The zero-order valence-electron chi connectivity index (χ0n) is 13.2. The van der Waals surface area contributed by atoms with Gasteiger partial charge in [-0.3, -0.25) is 4.79 Å². The highest BCUT2D eigenvalue weighted by Gasteiger charge is 2.26. The number of alkyl halides is 2. The van der Waals surface area contributed by atoms with Crippen molar-refractivity contribution in [1.29, 1.82) is 0 Å². The molecule has 0 aliphatic carbocycles. The molecule has 0 heterocycles. The molecule has 25 heavy (non-hydrogen) atoms. The standard InChI is InChI=1S/C21H15Cl3O/c22-18-12-10-16(11-13-18)19(23)20(24)21(25)17-8-6-15(7-9-17)14-4-2-1-3-5-14/h1-13,19-20H. The molecule has 126 valence electrons. The fourth-order valence-corrected chi connectivity index (χ4v) is 3.22. The van der Waals surface area contributed by atoms with Crippen LogP contribution in [0.3, 0.4) is 0 Å². The molecule has 0 fully saturated rings. The van der Waals surface area contributed by atoms with E-state index in [0.717, 1.165) is 16.7 Å². The van der Waals surface area contributed by atoms with Crippen molar-refractivity contribution >= 4 is 40.6 Å². The summed E-state index contributed by atoms with van der Waals surface area (Å²) in [4.78, 5) is 12.6. The van der Waals surface area contributed by atoms with E-state index in [1.54, 1.807) is 36.4 Å². The second kappa shape index (κ2) is 8.05. The lowest BCUT2D eigenvalue weighted by Crippen LogP contribution is -2.20. The van der Waals surface area contributed by atoms with Gasteiger partial charge in [-0.2, -0.15) is 0 Å². The highest BCUT2D eigenvalue weighted by atomic mass is 35.5. The van der Waals surface area contributed by atoms with Crippen LogP contribution in [0.15, 0.2) is 78.9 Å². The number of carbonyl (C=O) groups excluding carboxylic acids is 1. The maximum atomic E-state index is 12.6. The summed E-state index contributed by atoms with van der Waals surface area (Å²) in [5, 5.41) is -0.868. The quantitative estimate of drug-likeness (QED) is 0.347. The minimum atomic E-state index is -0.856. The average Bonchev–Trinajstić information content (AvgIpc) is 2.67. The molecule has 0 N–H and O–H groups in total. The molecular formula is C21H15Cl3O. The molecule has 0 bridgehead atoms. The summed E-state index contributed by atoms with van der Waals surface area (Å²) in [6.45, 7) is 0. The molecule has 0 amide bonds. The number of Topliss-reactive ketones (excluding diaryl/α,β-unsaturated/α-hetero) is 1. The molecule has 0 radical (unpaired) electrons. The Balaban J connectivity index is 1.77. The number of hydrogen-bond donors (Lipinski definition) is 0. The number of ketones is 1. The second-order valence-corrected chi connectivity index (χ2v) is 7.04. The van der Waals surface area contributed by atoms with Gasteiger partial charge >= 0.3 is 0 Å². The van der Waals surface area contributed by atoms with E-state index in [2.05, 4.69) is 0 Å².